The lowest BCUT2D eigenvalue weighted by Crippen LogP contribution is -2.52. The Labute approximate surface area is 731 Å². The van der Waals surface area contributed by atoms with E-state index in [1.54, 1.807) is 40.2 Å². The van der Waals surface area contributed by atoms with Gasteiger partial charge in [-0.25, -0.2) is 0 Å². The molecule has 0 radical (unpaired) electrons. The number of aryl methyl sites for hydroxylation is 7. The van der Waals surface area contributed by atoms with Crippen molar-refractivity contribution in [2.45, 2.75) is 215 Å². The monoisotopic (exact) mass is 1650 g/mol. The molecule has 10 rings (SSSR count). The molecule has 0 aliphatic rings. The lowest BCUT2D eigenvalue weighted by molar-refractivity contribution is 0.0385. The second kappa shape index (κ2) is 85.0. The van der Waals surface area contributed by atoms with Crippen LogP contribution in [0.1, 0.15) is 172 Å². The zero-order valence-corrected chi connectivity index (χ0v) is 84.5. The second-order valence-electron chi connectivity index (χ2n) is 33.0. The van der Waals surface area contributed by atoms with E-state index in [1.165, 1.54) is 105 Å². The summed E-state index contributed by atoms with van der Waals surface area (Å²) in [4.78, 5) is 4.08. The maximum Gasteiger partial charge on any atom is 0.112 e. The van der Waals surface area contributed by atoms with Crippen molar-refractivity contribution in [3.63, 3.8) is 0 Å². The Morgan fingerprint density at radius 3 is 0.735 bits per heavy atom. The first-order valence-electron chi connectivity index (χ1n) is 42.2. The molecule has 0 spiro atoms. The van der Waals surface area contributed by atoms with Gasteiger partial charge in [0.15, 0.2) is 0 Å². The minimum Gasteiger partial charge on any atom is -0.388 e. The average molecular weight is 1650 g/mol. The van der Waals surface area contributed by atoms with E-state index in [-0.39, 0.29) is 5.41 Å². The van der Waals surface area contributed by atoms with E-state index in [2.05, 4.69) is 399 Å². The highest BCUT2D eigenvalue weighted by Crippen LogP contribution is 2.30. The standard InChI is InChI=1S/C15H16.C14H16Si.C8H11N.3C8H10.C7H8.C6H14O3.C6H6.2C5H12.C4H12Si.C4H10.C3H9N.C3H8.C2H6O.C2H6S/c2*1-15(2,13-9-5-3-6-10-13)14-11-7-4-8-12-14;1-9(2)8-6-4-3-5-7-8;1-7-3-5-8(2)6-4-7;1-7-4-3-5-8(2)6-7;1-7-5-3-4-6-8(7)2;1-7-5-3-2-4-6-7;1-7-3-5-9-6-4-8-2;1-2-4-6-5-3-1;1-5(2,3)4;1-3-5-4-2;1-5(2,3)4;1-3-4-2;1-4(2)3;3*1-3-2/h2*3-12H,1-2H3;3-7H,1-2H3;3*3-6H,1-2H3;2-6H,1H3;3-6H2,1-2H3;1-6H;1-4H3;3-5H2,1-2H3;1-4H3;3-4H2,1-2H3;1-3H3;3H2,1-2H3;2*1-2H3. The number of para-hydroxylation sites is 1. The van der Waals surface area contributed by atoms with Gasteiger partial charge in [-0.1, -0.05) is 478 Å². The zero-order valence-electron chi connectivity index (χ0n) is 81.7. The maximum absolute atomic E-state index is 5.06. The number of anilines is 1. The third-order valence-corrected chi connectivity index (χ3v) is 18.3. The fourth-order valence-corrected chi connectivity index (χ4v) is 10.6. The second-order valence-corrected chi connectivity index (χ2v) is 44.2. The molecule has 0 atom stereocenters. The Kier molecular flexibility index (Phi) is 89.2. The number of hydrogen-bond donors (Lipinski definition) is 0. The van der Waals surface area contributed by atoms with E-state index >= 15 is 0 Å². The molecule has 0 saturated carbocycles. The van der Waals surface area contributed by atoms with E-state index in [0.717, 1.165) is 0 Å². The molecule has 10 aromatic carbocycles. The van der Waals surface area contributed by atoms with Crippen LogP contribution in [-0.2, 0) is 24.4 Å². The summed E-state index contributed by atoms with van der Waals surface area (Å²) < 4.78 is 18.8. The molecule has 6 nitrogen and oxygen atoms in total. The summed E-state index contributed by atoms with van der Waals surface area (Å²) in [6.07, 6.45) is 12.0. The quantitative estimate of drug-likeness (QED) is 0.0794. The lowest BCUT2D eigenvalue weighted by Gasteiger charge is -2.25. The number of thioether (sulfide) groups is 1. The number of methoxy groups -OCH3 is 3. The third kappa shape index (κ3) is 94.0. The van der Waals surface area contributed by atoms with Crippen molar-refractivity contribution in [3.05, 3.63) is 341 Å². The number of ether oxygens (including phenoxy) is 4. The predicted molar refractivity (Wildman–Crippen MR) is 543 cm³/mol. The van der Waals surface area contributed by atoms with E-state index in [0.29, 0.717) is 31.8 Å². The molecule has 0 unspecified atom stereocenters. The first-order chi connectivity index (χ1) is 55.2. The van der Waals surface area contributed by atoms with Crippen LogP contribution in [0, 0.1) is 53.9 Å². The van der Waals surface area contributed by atoms with Crippen LogP contribution in [0.3, 0.4) is 0 Å². The highest BCUT2D eigenvalue weighted by atomic mass is 32.2. The number of hydrogen-bond acceptors (Lipinski definition) is 7. The summed E-state index contributed by atoms with van der Waals surface area (Å²) in [6, 6.07) is 101. The minimum absolute atomic E-state index is 0.0858. The van der Waals surface area contributed by atoms with E-state index in [4.69, 9.17) is 14.2 Å². The van der Waals surface area contributed by atoms with E-state index in [9.17, 15) is 0 Å². The van der Waals surface area contributed by atoms with Crippen molar-refractivity contribution in [2.75, 3.05) is 108 Å². The van der Waals surface area contributed by atoms with Crippen molar-refractivity contribution in [2.24, 2.45) is 5.41 Å². The van der Waals surface area contributed by atoms with Crippen molar-refractivity contribution in [1.82, 2.24) is 4.90 Å². The normalized spacial score (nSPS) is 9.62. The largest absolute Gasteiger partial charge is 0.388 e. The van der Waals surface area contributed by atoms with Crippen LogP contribution in [0.4, 0.5) is 5.69 Å². The molecular formula is C108H176N2O4SSi2. The van der Waals surface area contributed by atoms with Gasteiger partial charge in [-0.2, -0.15) is 11.8 Å². The predicted octanol–water partition coefficient (Wildman–Crippen LogP) is 30.0. The molecule has 0 aromatic heterocycles. The lowest BCUT2D eigenvalue weighted by atomic mass is 9.78. The van der Waals surface area contributed by atoms with Crippen LogP contribution in [0.25, 0.3) is 0 Å². The number of benzene rings is 10. The van der Waals surface area contributed by atoms with E-state index in [1.807, 2.05) is 125 Å². The molecule has 0 bridgehead atoms. The molecule has 9 heteroatoms. The van der Waals surface area contributed by atoms with Crippen LogP contribution in [-0.4, -0.2) is 124 Å². The number of rotatable bonds is 14. The zero-order chi connectivity index (χ0) is 90.6. The molecule has 10 aromatic rings. The molecule has 656 valence electrons. The van der Waals surface area contributed by atoms with Gasteiger partial charge >= 0.3 is 0 Å². The molecule has 117 heavy (non-hydrogen) atoms. The Bertz CT molecular complexity index is 3240. The van der Waals surface area contributed by atoms with Crippen molar-refractivity contribution < 1.29 is 18.9 Å². The fraction of sp³-hybridized carbons (Fsp3) is 0.444. The molecule has 0 N–H and O–H groups in total. The molecular weight excluding hydrogens is 1480 g/mol. The van der Waals surface area contributed by atoms with Gasteiger partial charge in [-0.3, -0.25) is 0 Å². The summed E-state index contributed by atoms with van der Waals surface area (Å²) in [5.74, 6) is 0. The van der Waals surface area contributed by atoms with Gasteiger partial charge in [0.2, 0.25) is 0 Å². The van der Waals surface area contributed by atoms with Crippen molar-refractivity contribution in [1.29, 1.82) is 0 Å². The Balaban J connectivity index is -0.000000225. The molecule has 0 heterocycles. The van der Waals surface area contributed by atoms with Crippen LogP contribution < -0.4 is 15.3 Å². The van der Waals surface area contributed by atoms with Crippen LogP contribution >= 0.6 is 11.8 Å². The first-order valence-corrected chi connectivity index (χ1v) is 50.9. The van der Waals surface area contributed by atoms with Crippen molar-refractivity contribution >= 4 is 44.0 Å². The summed E-state index contributed by atoms with van der Waals surface area (Å²) in [6.45, 7) is 57.8. The average Bonchev–Trinajstić information content (AvgIpc) is 0.821. The molecule has 0 aliphatic carbocycles. The number of nitrogens with zero attached hydrogens (tertiary/aromatic N) is 2. The maximum atomic E-state index is 5.06. The SMILES string of the molecule is CC(C)(C)C.CC(C)(c1ccccc1)c1ccccc1.CCC.CCCC.CCCCC.CN(C)C.CN(C)c1ccccc1.COC.COCCOCCOC.CSC.C[Si](C)(C)C.C[Si](C)(c1ccccc1)c1ccccc1.Cc1ccc(C)cc1.Cc1cccc(C)c1.Cc1ccccc1.Cc1ccccc1C.c1ccccc1. The van der Waals surface area contributed by atoms with Crippen molar-refractivity contribution in [3.8, 4) is 0 Å². The Morgan fingerprint density at radius 1 is 0.325 bits per heavy atom. The molecule has 0 amide bonds. The number of unbranched alkanes of at least 4 members (excludes halogenated alkanes) is 3. The van der Waals surface area contributed by atoms with Crippen LogP contribution in [0.2, 0.25) is 39.3 Å². The molecule has 0 saturated heterocycles. The smallest absolute Gasteiger partial charge is 0.112 e. The van der Waals surface area contributed by atoms with Crippen LogP contribution in [0.15, 0.2) is 291 Å². The van der Waals surface area contributed by atoms with Gasteiger partial charge in [-0.05, 0) is 122 Å². The summed E-state index contributed by atoms with van der Waals surface area (Å²) in [5.41, 5.74) is 13.9. The highest BCUT2D eigenvalue weighted by Gasteiger charge is 2.25. The van der Waals surface area contributed by atoms with Crippen LogP contribution in [0.5, 0.6) is 0 Å². The summed E-state index contributed by atoms with van der Waals surface area (Å²) in [5, 5.41) is 2.99. The Morgan fingerprint density at radius 2 is 0.547 bits per heavy atom. The van der Waals surface area contributed by atoms with Gasteiger partial charge < -0.3 is 28.7 Å². The van der Waals surface area contributed by atoms with Gasteiger partial charge in [0.1, 0.15) is 8.07 Å². The first kappa shape index (κ1) is 123. The minimum atomic E-state index is -1.46. The third-order valence-electron chi connectivity index (χ3n) is 14.7. The van der Waals surface area contributed by atoms with Gasteiger partial charge in [-0.15, -0.1) is 0 Å². The molecule has 0 fully saturated rings. The molecule has 0 aliphatic heterocycles. The highest BCUT2D eigenvalue weighted by molar-refractivity contribution is 7.97. The summed E-state index contributed by atoms with van der Waals surface area (Å²) >= 11 is 1.75. The van der Waals surface area contributed by atoms with E-state index < -0.39 is 16.1 Å². The van der Waals surface area contributed by atoms with Gasteiger partial charge in [0, 0.05) is 61.7 Å². The summed E-state index contributed by atoms with van der Waals surface area (Å²) in [7, 11) is 14.6. The topological polar surface area (TPSA) is 43.4 Å². The fourth-order valence-electron chi connectivity index (χ4n) is 8.24. The van der Waals surface area contributed by atoms with Gasteiger partial charge in [0.25, 0.3) is 0 Å². The van der Waals surface area contributed by atoms with Gasteiger partial charge in [0.05, 0.1) is 26.4 Å². The Hall–Kier alpha value is -7.42.